The summed E-state index contributed by atoms with van der Waals surface area (Å²) in [6.07, 6.45) is -4.45. The minimum atomic E-state index is -4.45. The highest BCUT2D eigenvalue weighted by Gasteiger charge is 2.30. The van der Waals surface area contributed by atoms with Gasteiger partial charge in [-0.1, -0.05) is 26.0 Å². The molecular formula is C22H25F3N2O3. The highest BCUT2D eigenvalue weighted by molar-refractivity contribution is 5.97. The lowest BCUT2D eigenvalue weighted by Gasteiger charge is -2.22. The Bertz CT molecular complexity index is 865. The van der Waals surface area contributed by atoms with Crippen molar-refractivity contribution in [2.75, 3.05) is 6.61 Å². The Morgan fingerprint density at radius 1 is 1.07 bits per heavy atom. The fourth-order valence-corrected chi connectivity index (χ4v) is 2.79. The maximum Gasteiger partial charge on any atom is 0.416 e. The van der Waals surface area contributed by atoms with Crippen molar-refractivity contribution >= 4 is 11.8 Å². The Kier molecular flexibility index (Phi) is 7.86. The van der Waals surface area contributed by atoms with E-state index in [1.165, 1.54) is 12.1 Å². The number of rotatable bonds is 8. The van der Waals surface area contributed by atoms with Gasteiger partial charge >= 0.3 is 6.18 Å². The van der Waals surface area contributed by atoms with Gasteiger partial charge in [0.25, 0.3) is 5.91 Å². The lowest BCUT2D eigenvalue weighted by Crippen LogP contribution is -2.49. The summed E-state index contributed by atoms with van der Waals surface area (Å²) >= 11 is 0. The second kappa shape index (κ2) is 10.1. The van der Waals surface area contributed by atoms with Crippen molar-refractivity contribution in [2.45, 2.75) is 39.5 Å². The molecule has 2 aromatic rings. The average Bonchev–Trinajstić information content (AvgIpc) is 2.70. The second-order valence-electron chi connectivity index (χ2n) is 7.07. The van der Waals surface area contributed by atoms with E-state index in [-0.39, 0.29) is 12.5 Å². The number of hydrogen-bond donors (Lipinski definition) is 2. The smallest absolute Gasteiger partial charge is 0.416 e. The summed E-state index contributed by atoms with van der Waals surface area (Å²) in [5, 5.41) is 5.28. The number of halogens is 3. The molecule has 1 atom stereocenters. The molecule has 162 valence electrons. The molecular weight excluding hydrogens is 397 g/mol. The molecule has 0 radical (unpaired) electrons. The molecule has 2 amide bonds. The van der Waals surface area contributed by atoms with Crippen molar-refractivity contribution in [3.8, 4) is 5.75 Å². The van der Waals surface area contributed by atoms with Crippen LogP contribution in [0.5, 0.6) is 5.75 Å². The first kappa shape index (κ1) is 23.3. The van der Waals surface area contributed by atoms with Crippen LogP contribution in [-0.4, -0.2) is 24.5 Å². The molecule has 0 aliphatic heterocycles. The standard InChI is InChI=1S/C22H25F3N2O3/c1-4-30-18-10-8-16(9-11-18)20(28)27-19(14(2)3)21(29)26-13-15-6-5-7-17(12-15)22(23,24)25/h5-12,14,19H,4,13H2,1-3H3,(H,26,29)(H,27,28)/t19-/m1/s1. The number of carbonyl (C=O) groups is 2. The van der Waals surface area contributed by atoms with Gasteiger partial charge in [0.05, 0.1) is 12.2 Å². The Morgan fingerprint density at radius 3 is 2.30 bits per heavy atom. The molecule has 0 saturated heterocycles. The molecule has 0 heterocycles. The quantitative estimate of drug-likeness (QED) is 0.671. The third-order valence-electron chi connectivity index (χ3n) is 4.38. The normalized spacial score (nSPS) is 12.4. The Morgan fingerprint density at radius 2 is 1.73 bits per heavy atom. The first-order valence-corrected chi connectivity index (χ1v) is 9.59. The van der Waals surface area contributed by atoms with Crippen molar-refractivity contribution in [3.05, 3.63) is 65.2 Å². The van der Waals surface area contributed by atoms with Crippen LogP contribution in [0.2, 0.25) is 0 Å². The molecule has 0 saturated carbocycles. The van der Waals surface area contributed by atoms with Crippen LogP contribution in [0.1, 0.15) is 42.3 Å². The zero-order valence-corrected chi connectivity index (χ0v) is 17.0. The van der Waals surface area contributed by atoms with Crippen LogP contribution in [0.3, 0.4) is 0 Å². The topological polar surface area (TPSA) is 67.4 Å². The van der Waals surface area contributed by atoms with E-state index in [4.69, 9.17) is 4.74 Å². The van der Waals surface area contributed by atoms with E-state index in [0.717, 1.165) is 12.1 Å². The molecule has 0 unspecified atom stereocenters. The van der Waals surface area contributed by atoms with Crippen molar-refractivity contribution in [2.24, 2.45) is 5.92 Å². The van der Waals surface area contributed by atoms with Gasteiger partial charge in [0, 0.05) is 12.1 Å². The maximum atomic E-state index is 12.8. The molecule has 2 aromatic carbocycles. The maximum absolute atomic E-state index is 12.8. The van der Waals surface area contributed by atoms with Crippen LogP contribution in [0.15, 0.2) is 48.5 Å². The van der Waals surface area contributed by atoms with Gasteiger partial charge in [0.2, 0.25) is 5.91 Å². The molecule has 0 aromatic heterocycles. The summed E-state index contributed by atoms with van der Waals surface area (Å²) in [7, 11) is 0. The highest BCUT2D eigenvalue weighted by atomic mass is 19.4. The second-order valence-corrected chi connectivity index (χ2v) is 7.07. The van der Waals surface area contributed by atoms with E-state index in [0.29, 0.717) is 23.5 Å². The van der Waals surface area contributed by atoms with E-state index in [1.807, 2.05) is 6.92 Å². The van der Waals surface area contributed by atoms with Crippen LogP contribution in [0.4, 0.5) is 13.2 Å². The van der Waals surface area contributed by atoms with Crippen LogP contribution < -0.4 is 15.4 Å². The predicted molar refractivity (Wildman–Crippen MR) is 107 cm³/mol. The minimum absolute atomic E-state index is 0.0785. The third kappa shape index (κ3) is 6.50. The summed E-state index contributed by atoms with van der Waals surface area (Å²) < 4.78 is 43.8. The zero-order valence-electron chi connectivity index (χ0n) is 17.0. The van der Waals surface area contributed by atoms with Crippen molar-refractivity contribution < 1.29 is 27.5 Å². The molecule has 0 bridgehead atoms. The fraction of sp³-hybridized carbons (Fsp3) is 0.364. The number of hydrogen-bond acceptors (Lipinski definition) is 3. The summed E-state index contributed by atoms with van der Waals surface area (Å²) in [6, 6.07) is 10.4. The molecule has 8 heteroatoms. The average molecular weight is 422 g/mol. The van der Waals surface area contributed by atoms with Crippen LogP contribution in [0.25, 0.3) is 0 Å². The number of alkyl halides is 3. The number of carbonyl (C=O) groups excluding carboxylic acids is 2. The highest BCUT2D eigenvalue weighted by Crippen LogP contribution is 2.29. The van der Waals surface area contributed by atoms with Gasteiger partial charge < -0.3 is 15.4 Å². The van der Waals surface area contributed by atoms with E-state index >= 15 is 0 Å². The summed E-state index contributed by atoms with van der Waals surface area (Å²) in [6.45, 7) is 5.82. The van der Waals surface area contributed by atoms with E-state index in [1.54, 1.807) is 38.1 Å². The zero-order chi connectivity index (χ0) is 22.3. The first-order valence-electron chi connectivity index (χ1n) is 9.59. The van der Waals surface area contributed by atoms with Crippen molar-refractivity contribution in [1.82, 2.24) is 10.6 Å². The third-order valence-corrected chi connectivity index (χ3v) is 4.38. The van der Waals surface area contributed by atoms with E-state index in [9.17, 15) is 22.8 Å². The molecule has 30 heavy (non-hydrogen) atoms. The summed E-state index contributed by atoms with van der Waals surface area (Å²) in [4.78, 5) is 25.1. The number of nitrogens with one attached hydrogen (secondary N) is 2. The van der Waals surface area contributed by atoms with Gasteiger partial charge in [-0.2, -0.15) is 13.2 Å². The van der Waals surface area contributed by atoms with Crippen LogP contribution in [0, 0.1) is 5.92 Å². The summed E-state index contributed by atoms with van der Waals surface area (Å²) in [5.74, 6) is -0.487. The van der Waals surface area contributed by atoms with Crippen LogP contribution >= 0.6 is 0 Å². The molecule has 0 aliphatic carbocycles. The lowest BCUT2D eigenvalue weighted by atomic mass is 10.0. The number of benzene rings is 2. The monoisotopic (exact) mass is 422 g/mol. The summed E-state index contributed by atoms with van der Waals surface area (Å²) in [5.41, 5.74) is -0.0910. The van der Waals surface area contributed by atoms with E-state index < -0.39 is 29.6 Å². The predicted octanol–water partition coefficient (Wildman–Crippen LogP) is 4.17. The van der Waals surface area contributed by atoms with Crippen molar-refractivity contribution in [1.29, 1.82) is 0 Å². The Balaban J connectivity index is 2.01. The molecule has 2 rings (SSSR count). The molecule has 0 fully saturated rings. The van der Waals surface area contributed by atoms with Crippen LogP contribution in [-0.2, 0) is 17.5 Å². The van der Waals surface area contributed by atoms with Crippen molar-refractivity contribution in [3.63, 3.8) is 0 Å². The number of amides is 2. The lowest BCUT2D eigenvalue weighted by molar-refractivity contribution is -0.137. The SMILES string of the molecule is CCOc1ccc(C(=O)N[C@@H](C(=O)NCc2cccc(C(F)(F)F)c2)C(C)C)cc1. The number of ether oxygens (including phenoxy) is 1. The van der Waals surface area contributed by atoms with Gasteiger partial charge in [0.1, 0.15) is 11.8 Å². The van der Waals surface area contributed by atoms with Gasteiger partial charge in [0.15, 0.2) is 0 Å². The first-order chi connectivity index (χ1) is 14.1. The molecule has 5 nitrogen and oxygen atoms in total. The Labute approximate surface area is 173 Å². The van der Waals surface area contributed by atoms with Gasteiger partial charge in [-0.05, 0) is 54.8 Å². The van der Waals surface area contributed by atoms with Gasteiger partial charge in [-0.15, -0.1) is 0 Å². The molecule has 2 N–H and O–H groups in total. The van der Waals surface area contributed by atoms with Gasteiger partial charge in [-0.3, -0.25) is 9.59 Å². The largest absolute Gasteiger partial charge is 0.494 e. The fourth-order valence-electron chi connectivity index (χ4n) is 2.79. The minimum Gasteiger partial charge on any atom is -0.494 e. The molecule has 0 spiro atoms. The molecule has 0 aliphatic rings. The van der Waals surface area contributed by atoms with Gasteiger partial charge in [-0.25, -0.2) is 0 Å². The van der Waals surface area contributed by atoms with E-state index in [2.05, 4.69) is 10.6 Å². The Hall–Kier alpha value is -3.03.